The highest BCUT2D eigenvalue weighted by Crippen LogP contribution is 2.25. The molecule has 1 N–H and O–H groups in total. The summed E-state index contributed by atoms with van der Waals surface area (Å²) in [5.74, 6) is 0.321. The summed E-state index contributed by atoms with van der Waals surface area (Å²) in [5, 5.41) is 2.81. The van der Waals surface area contributed by atoms with Crippen molar-refractivity contribution in [2.24, 2.45) is 0 Å². The van der Waals surface area contributed by atoms with Gasteiger partial charge in [-0.25, -0.2) is 4.79 Å². The lowest BCUT2D eigenvalue weighted by molar-refractivity contribution is -0.123. The van der Waals surface area contributed by atoms with Gasteiger partial charge in [0.15, 0.2) is 23.7 Å². The van der Waals surface area contributed by atoms with Gasteiger partial charge in [-0.05, 0) is 31.2 Å². The van der Waals surface area contributed by atoms with Gasteiger partial charge < -0.3 is 19.2 Å². The van der Waals surface area contributed by atoms with Gasteiger partial charge in [-0.3, -0.25) is 9.36 Å². The highest BCUT2D eigenvalue weighted by molar-refractivity contribution is 5.78. The van der Waals surface area contributed by atoms with E-state index in [0.717, 1.165) is 0 Å². The second kappa shape index (κ2) is 7.77. The lowest BCUT2D eigenvalue weighted by atomic mass is 10.3. The van der Waals surface area contributed by atoms with Gasteiger partial charge in [0.1, 0.15) is 0 Å². The molecule has 0 saturated carbocycles. The Labute approximate surface area is 150 Å². The second-order valence-electron chi connectivity index (χ2n) is 5.85. The molecule has 0 aliphatic heterocycles. The van der Waals surface area contributed by atoms with Crippen molar-refractivity contribution < 1.29 is 18.7 Å². The van der Waals surface area contributed by atoms with Crippen LogP contribution in [0.25, 0.3) is 11.1 Å². The third kappa shape index (κ3) is 3.88. The van der Waals surface area contributed by atoms with Crippen LogP contribution in [0.15, 0.2) is 57.7 Å². The molecule has 1 heterocycles. The van der Waals surface area contributed by atoms with Crippen LogP contribution < -0.4 is 20.5 Å². The van der Waals surface area contributed by atoms with Crippen molar-refractivity contribution in [3.8, 4) is 11.5 Å². The second-order valence-corrected chi connectivity index (χ2v) is 5.85. The summed E-state index contributed by atoms with van der Waals surface area (Å²) in [5.41, 5.74) is 1.22. The number of nitrogens with one attached hydrogen (secondary N) is 1. The minimum absolute atomic E-state index is 0.147. The van der Waals surface area contributed by atoms with Gasteiger partial charge in [-0.2, -0.15) is 0 Å². The van der Waals surface area contributed by atoms with Gasteiger partial charge in [0.2, 0.25) is 0 Å². The van der Waals surface area contributed by atoms with E-state index >= 15 is 0 Å². The predicted molar refractivity (Wildman–Crippen MR) is 96.6 cm³/mol. The zero-order valence-electron chi connectivity index (χ0n) is 14.6. The smallest absolute Gasteiger partial charge is 0.420 e. The summed E-state index contributed by atoms with van der Waals surface area (Å²) in [4.78, 5) is 24.1. The third-order valence-electron chi connectivity index (χ3n) is 3.87. The Hall–Kier alpha value is -3.22. The topological polar surface area (TPSA) is 82.7 Å². The first-order valence-corrected chi connectivity index (χ1v) is 8.22. The fraction of sp³-hybridized carbons (Fsp3) is 0.263. The van der Waals surface area contributed by atoms with Gasteiger partial charge in [0, 0.05) is 12.6 Å². The molecule has 0 spiro atoms. The van der Waals surface area contributed by atoms with Crippen LogP contribution in [-0.2, 0) is 11.3 Å². The van der Waals surface area contributed by atoms with Crippen molar-refractivity contribution in [1.29, 1.82) is 0 Å². The number of aromatic nitrogens is 1. The molecule has 1 amide bonds. The van der Waals surface area contributed by atoms with Crippen LogP contribution in [-0.4, -0.2) is 30.2 Å². The van der Waals surface area contributed by atoms with Gasteiger partial charge in [0.25, 0.3) is 5.91 Å². The van der Waals surface area contributed by atoms with Gasteiger partial charge in [0.05, 0.1) is 12.6 Å². The minimum Gasteiger partial charge on any atom is -0.493 e. The van der Waals surface area contributed by atoms with E-state index in [9.17, 15) is 9.59 Å². The zero-order valence-corrected chi connectivity index (χ0v) is 14.6. The molecule has 1 atom stereocenters. The van der Waals surface area contributed by atoms with Crippen molar-refractivity contribution in [3.63, 3.8) is 0 Å². The average molecular weight is 356 g/mol. The number of ether oxygens (including phenoxy) is 2. The maximum atomic E-state index is 12.1. The van der Waals surface area contributed by atoms with Crippen LogP contribution in [0.4, 0.5) is 0 Å². The van der Waals surface area contributed by atoms with E-state index in [0.29, 0.717) is 29.1 Å². The van der Waals surface area contributed by atoms with Crippen molar-refractivity contribution in [1.82, 2.24) is 9.88 Å². The number of rotatable bonds is 7. The van der Waals surface area contributed by atoms with Gasteiger partial charge in [-0.15, -0.1) is 0 Å². The van der Waals surface area contributed by atoms with E-state index in [1.54, 1.807) is 36.4 Å². The molecule has 1 aromatic heterocycles. The van der Waals surface area contributed by atoms with E-state index in [-0.39, 0.29) is 18.6 Å². The van der Waals surface area contributed by atoms with Gasteiger partial charge in [-0.1, -0.05) is 24.3 Å². The molecule has 0 aliphatic rings. The molecule has 3 rings (SSSR count). The number of oxazole rings is 1. The molecule has 7 nitrogen and oxygen atoms in total. The zero-order chi connectivity index (χ0) is 18.5. The average Bonchev–Trinajstić information content (AvgIpc) is 2.95. The number of para-hydroxylation sites is 4. The van der Waals surface area contributed by atoms with Crippen LogP contribution in [0, 0.1) is 0 Å². The summed E-state index contributed by atoms with van der Waals surface area (Å²) >= 11 is 0. The SMILES string of the molecule is COc1ccccc1OCC(=O)N[C@@H](C)Cn1c(=O)oc2ccccc21. The van der Waals surface area contributed by atoms with Crippen molar-refractivity contribution in [2.75, 3.05) is 13.7 Å². The number of methoxy groups -OCH3 is 1. The van der Waals surface area contributed by atoms with Crippen molar-refractivity contribution >= 4 is 17.0 Å². The summed E-state index contributed by atoms with van der Waals surface area (Å²) in [7, 11) is 1.54. The Morgan fingerprint density at radius 2 is 1.85 bits per heavy atom. The number of nitrogens with zero attached hydrogens (tertiary/aromatic N) is 1. The first kappa shape index (κ1) is 17.6. The highest BCUT2D eigenvalue weighted by Gasteiger charge is 2.14. The number of hydrogen-bond donors (Lipinski definition) is 1. The first-order chi connectivity index (χ1) is 12.6. The molecule has 0 fully saturated rings. The summed E-state index contributed by atoms with van der Waals surface area (Å²) < 4.78 is 17.4. The Balaban J connectivity index is 1.59. The highest BCUT2D eigenvalue weighted by atomic mass is 16.5. The normalized spacial score (nSPS) is 11.9. The molecule has 136 valence electrons. The molecule has 26 heavy (non-hydrogen) atoms. The van der Waals surface area contributed by atoms with Gasteiger partial charge >= 0.3 is 5.76 Å². The lowest BCUT2D eigenvalue weighted by Crippen LogP contribution is -2.39. The summed E-state index contributed by atoms with van der Waals surface area (Å²) in [6.45, 7) is 1.97. The summed E-state index contributed by atoms with van der Waals surface area (Å²) in [6.07, 6.45) is 0. The number of hydrogen-bond acceptors (Lipinski definition) is 5. The Bertz CT molecular complexity index is 960. The number of carbonyl (C=O) groups excluding carboxylic acids is 1. The first-order valence-electron chi connectivity index (χ1n) is 8.22. The molecule has 0 unspecified atom stereocenters. The molecular weight excluding hydrogens is 336 g/mol. The quantitative estimate of drug-likeness (QED) is 0.702. The number of amides is 1. The Kier molecular flexibility index (Phi) is 5.26. The number of carbonyl (C=O) groups is 1. The Morgan fingerprint density at radius 3 is 2.62 bits per heavy atom. The minimum atomic E-state index is -0.447. The third-order valence-corrected chi connectivity index (χ3v) is 3.87. The van der Waals surface area contributed by atoms with E-state index in [1.165, 1.54) is 11.7 Å². The van der Waals surface area contributed by atoms with E-state index in [2.05, 4.69) is 5.32 Å². The van der Waals surface area contributed by atoms with Crippen LogP contribution in [0.1, 0.15) is 6.92 Å². The van der Waals surface area contributed by atoms with Crippen LogP contribution in [0.3, 0.4) is 0 Å². The predicted octanol–water partition coefficient (Wildman–Crippen LogP) is 2.19. The molecule has 7 heteroatoms. The number of benzene rings is 2. The molecule has 0 aliphatic carbocycles. The van der Waals surface area contributed by atoms with E-state index < -0.39 is 5.76 Å². The van der Waals surface area contributed by atoms with Crippen LogP contribution in [0.5, 0.6) is 11.5 Å². The molecule has 3 aromatic rings. The molecular formula is C19H20N2O5. The van der Waals surface area contributed by atoms with Crippen molar-refractivity contribution in [2.45, 2.75) is 19.5 Å². The molecule has 0 saturated heterocycles. The maximum Gasteiger partial charge on any atom is 0.420 e. The Morgan fingerprint density at radius 1 is 1.15 bits per heavy atom. The number of fused-ring (bicyclic) bond motifs is 1. The molecule has 2 aromatic carbocycles. The fourth-order valence-electron chi connectivity index (χ4n) is 2.70. The van der Waals surface area contributed by atoms with Crippen LogP contribution >= 0.6 is 0 Å². The fourth-order valence-corrected chi connectivity index (χ4v) is 2.70. The van der Waals surface area contributed by atoms with Crippen molar-refractivity contribution in [3.05, 3.63) is 59.1 Å². The summed E-state index contributed by atoms with van der Waals surface area (Å²) in [6, 6.07) is 14.0. The lowest BCUT2D eigenvalue weighted by Gasteiger charge is -2.15. The standard InChI is InChI=1S/C19H20N2O5/c1-13(11-21-14-7-3-4-8-15(14)26-19(21)23)20-18(22)12-25-17-10-6-5-9-16(17)24-2/h3-10,13H,11-12H2,1-2H3,(H,20,22)/t13-/m0/s1. The molecule has 0 bridgehead atoms. The maximum absolute atomic E-state index is 12.1. The van der Waals surface area contributed by atoms with E-state index in [4.69, 9.17) is 13.9 Å². The van der Waals surface area contributed by atoms with E-state index in [1.807, 2.05) is 19.1 Å². The van der Waals surface area contributed by atoms with Crippen LogP contribution in [0.2, 0.25) is 0 Å². The monoisotopic (exact) mass is 356 g/mol. The largest absolute Gasteiger partial charge is 0.493 e. The molecule has 0 radical (unpaired) electrons.